The van der Waals surface area contributed by atoms with Gasteiger partial charge < -0.3 is 10.1 Å². The summed E-state index contributed by atoms with van der Waals surface area (Å²) in [6.45, 7) is 8.09. The van der Waals surface area contributed by atoms with E-state index in [1.807, 2.05) is 0 Å². The Balaban J connectivity index is 0.00000612. The number of amides is 1. The normalized spacial score (nSPS) is 12.6. The minimum Gasteiger partial charge on any atom is -0.444 e. The van der Waals surface area contributed by atoms with Gasteiger partial charge in [-0.1, -0.05) is 5.92 Å². The number of carbonyl (C=O) groups excluding carboxylic acids is 1. The first-order valence-corrected chi connectivity index (χ1v) is 13.0. The maximum absolute atomic E-state index is 13.8. The van der Waals surface area contributed by atoms with E-state index in [9.17, 15) is 22.0 Å². The smallest absolute Gasteiger partial charge is 0.408 e. The molecule has 1 aromatic carbocycles. The van der Waals surface area contributed by atoms with Gasteiger partial charge in [0.25, 0.3) is 0 Å². The number of hydrogen-bond acceptors (Lipinski definition) is 5. The molecule has 0 radical (unpaired) electrons. The molecule has 0 saturated heterocycles. The maximum atomic E-state index is 13.8. The zero-order chi connectivity index (χ0) is 25.9. The van der Waals surface area contributed by atoms with Crippen molar-refractivity contribution < 1.29 is 26.7 Å². The molecule has 1 heterocycles. The van der Waals surface area contributed by atoms with Crippen molar-refractivity contribution in [3.8, 4) is 11.8 Å². The molecule has 0 aliphatic heterocycles. The summed E-state index contributed by atoms with van der Waals surface area (Å²) in [5.41, 5.74) is 0.118. The summed E-state index contributed by atoms with van der Waals surface area (Å²) >= 11 is 3.40. The monoisotopic (exact) mass is 590 g/mol. The van der Waals surface area contributed by atoms with Crippen molar-refractivity contribution in [2.24, 2.45) is 0 Å². The van der Waals surface area contributed by atoms with Crippen molar-refractivity contribution in [3.05, 3.63) is 63.4 Å². The summed E-state index contributed by atoms with van der Waals surface area (Å²) in [4.78, 5) is 17.0. The molecule has 0 aliphatic rings. The second-order valence-corrected chi connectivity index (χ2v) is 12.7. The minimum atomic E-state index is -3.44. The highest BCUT2D eigenvalue weighted by Gasteiger charge is 2.28. The fourth-order valence-electron chi connectivity index (χ4n) is 2.71. The lowest BCUT2D eigenvalue weighted by Gasteiger charge is -2.24. The van der Waals surface area contributed by atoms with Crippen molar-refractivity contribution in [1.29, 1.82) is 0 Å². The quantitative estimate of drug-likeness (QED) is 0.483. The average Bonchev–Trinajstić information content (AvgIpc) is 2.63. The zero-order valence-corrected chi connectivity index (χ0v) is 23.7. The van der Waals surface area contributed by atoms with Crippen LogP contribution >= 0.6 is 29.4 Å². The molecular formula is C24H29BrF2N2O4S2. The maximum Gasteiger partial charge on any atom is 0.408 e. The molecule has 35 heavy (non-hydrogen) atoms. The number of benzene rings is 1. The molecule has 0 aliphatic carbocycles. The highest BCUT2D eigenvalue weighted by molar-refractivity contribution is 9.10. The van der Waals surface area contributed by atoms with Crippen LogP contribution in [0.3, 0.4) is 0 Å². The first-order chi connectivity index (χ1) is 15.5. The average molecular weight is 592 g/mol. The van der Waals surface area contributed by atoms with Gasteiger partial charge in [-0.25, -0.2) is 27.0 Å². The lowest BCUT2D eigenvalue weighted by atomic mass is 10.0. The third kappa shape index (κ3) is 9.43. The molecule has 6 nitrogen and oxygen atoms in total. The van der Waals surface area contributed by atoms with Gasteiger partial charge in [0.05, 0.1) is 11.7 Å². The van der Waals surface area contributed by atoms with E-state index in [1.54, 1.807) is 32.9 Å². The fourth-order valence-corrected chi connectivity index (χ4v) is 3.44. The predicted molar refractivity (Wildman–Crippen MR) is 140 cm³/mol. The summed E-state index contributed by atoms with van der Waals surface area (Å²) < 4.78 is 56.0. The number of aromatic nitrogens is 1. The number of halogens is 3. The number of pyridine rings is 1. The molecule has 0 fully saturated rings. The number of nitrogens with one attached hydrogen (secondary N) is 1. The summed E-state index contributed by atoms with van der Waals surface area (Å²) in [6, 6.07) is 5.49. The van der Waals surface area contributed by atoms with Crippen LogP contribution in [-0.4, -0.2) is 36.1 Å². The Morgan fingerprint density at radius 3 is 2.23 bits per heavy atom. The zero-order valence-electron chi connectivity index (χ0n) is 20.3. The van der Waals surface area contributed by atoms with E-state index in [0.29, 0.717) is 15.7 Å². The molecule has 1 atom stereocenters. The van der Waals surface area contributed by atoms with E-state index < -0.39 is 44.0 Å². The summed E-state index contributed by atoms with van der Waals surface area (Å²) in [5.74, 6) is 3.97. The number of carbonyl (C=O) groups is 1. The Morgan fingerprint density at radius 1 is 1.14 bits per heavy atom. The van der Waals surface area contributed by atoms with E-state index >= 15 is 0 Å². The number of alkyl carbamates (subject to hydrolysis) is 1. The third-order valence-corrected chi connectivity index (χ3v) is 7.30. The van der Waals surface area contributed by atoms with E-state index in [1.165, 1.54) is 26.0 Å². The van der Waals surface area contributed by atoms with Crippen molar-refractivity contribution in [1.82, 2.24) is 10.3 Å². The van der Waals surface area contributed by atoms with Gasteiger partial charge in [0, 0.05) is 16.8 Å². The lowest BCUT2D eigenvalue weighted by molar-refractivity contribution is 0.0502. The van der Waals surface area contributed by atoms with E-state index in [0.717, 1.165) is 12.3 Å². The van der Waals surface area contributed by atoms with Crippen molar-refractivity contribution in [3.63, 3.8) is 0 Å². The molecule has 0 unspecified atom stereocenters. The van der Waals surface area contributed by atoms with Crippen LogP contribution in [0.25, 0.3) is 0 Å². The molecule has 1 N–H and O–H groups in total. The van der Waals surface area contributed by atoms with Crippen molar-refractivity contribution >= 4 is 45.4 Å². The van der Waals surface area contributed by atoms with Crippen LogP contribution in [0.2, 0.25) is 0 Å². The number of hydrogen-bond donors (Lipinski definition) is 1. The Hall–Kier alpha value is -2.16. The number of ether oxygens (including phenoxy) is 1. The van der Waals surface area contributed by atoms with Crippen LogP contribution in [-0.2, 0) is 21.0 Å². The molecular weight excluding hydrogens is 562 g/mol. The molecule has 1 amide bonds. The van der Waals surface area contributed by atoms with Crippen LogP contribution < -0.4 is 5.32 Å². The lowest BCUT2D eigenvalue weighted by Crippen LogP contribution is -2.36. The Morgan fingerprint density at radius 2 is 1.71 bits per heavy atom. The second-order valence-electron chi connectivity index (χ2n) is 9.28. The van der Waals surface area contributed by atoms with E-state index in [2.05, 4.69) is 38.1 Å². The van der Waals surface area contributed by atoms with Gasteiger partial charge in [0.1, 0.15) is 27.7 Å². The molecule has 11 heteroatoms. The van der Waals surface area contributed by atoms with Gasteiger partial charge in [0.15, 0.2) is 9.84 Å². The SMILES string of the molecule is CC(C)(C)OC(=O)N[C@@H](Cc1cc(F)cc(F)c1)c1nc(C#CC(C)(C)S(C)(=O)=O)ccc1Br.S. The number of rotatable bonds is 5. The summed E-state index contributed by atoms with van der Waals surface area (Å²) in [5, 5.41) is 2.70. The van der Waals surface area contributed by atoms with Crippen LogP contribution in [0.4, 0.5) is 13.6 Å². The largest absolute Gasteiger partial charge is 0.444 e. The van der Waals surface area contributed by atoms with Crippen LogP contribution in [0.5, 0.6) is 0 Å². The van der Waals surface area contributed by atoms with Gasteiger partial charge in [-0.15, -0.1) is 0 Å². The van der Waals surface area contributed by atoms with Gasteiger partial charge in [-0.2, -0.15) is 13.5 Å². The predicted octanol–water partition coefficient (Wildman–Crippen LogP) is 5.22. The molecule has 0 spiro atoms. The standard InChI is InChI=1S/C24H27BrF2N2O4S.H2S/c1-23(2,3)33-22(30)29-20(13-15-11-16(26)14-17(27)12-15)21-19(25)8-7-18(28-21)9-10-24(4,5)34(6,31)32;/h7-8,11-12,14,20H,13H2,1-6H3,(H,29,30);1H2/t20-;/m0./s1. The van der Waals surface area contributed by atoms with Gasteiger partial charge in [0.2, 0.25) is 0 Å². The summed E-state index contributed by atoms with van der Waals surface area (Å²) in [7, 11) is -3.44. The first-order valence-electron chi connectivity index (χ1n) is 10.3. The summed E-state index contributed by atoms with van der Waals surface area (Å²) in [6.07, 6.45) is 0.365. The van der Waals surface area contributed by atoms with Crippen LogP contribution in [0, 0.1) is 23.5 Å². The molecule has 0 bridgehead atoms. The molecule has 2 aromatic rings. The Bertz CT molecular complexity index is 1230. The molecule has 2 rings (SSSR count). The molecule has 0 saturated carbocycles. The number of sulfone groups is 1. The van der Waals surface area contributed by atoms with Crippen LogP contribution in [0.1, 0.15) is 57.6 Å². The molecule has 192 valence electrons. The van der Waals surface area contributed by atoms with Crippen molar-refractivity contribution in [2.75, 3.05) is 6.26 Å². The highest BCUT2D eigenvalue weighted by atomic mass is 79.9. The second kappa shape index (κ2) is 11.7. The fraction of sp³-hybridized carbons (Fsp3) is 0.417. The topological polar surface area (TPSA) is 85.4 Å². The van der Waals surface area contributed by atoms with Gasteiger partial charge >= 0.3 is 6.09 Å². The van der Waals surface area contributed by atoms with Crippen LogP contribution in [0.15, 0.2) is 34.8 Å². The first kappa shape index (κ1) is 30.9. The van der Waals surface area contributed by atoms with Gasteiger partial charge in [-0.3, -0.25) is 0 Å². The molecule has 1 aromatic heterocycles. The van der Waals surface area contributed by atoms with E-state index in [-0.39, 0.29) is 25.6 Å². The Kier molecular flexibility index (Phi) is 10.3. The minimum absolute atomic E-state index is 0. The third-order valence-electron chi connectivity index (χ3n) is 4.67. The highest BCUT2D eigenvalue weighted by Crippen LogP contribution is 2.26. The number of nitrogens with zero attached hydrogens (tertiary/aromatic N) is 1. The van der Waals surface area contributed by atoms with E-state index in [4.69, 9.17) is 4.74 Å². The van der Waals surface area contributed by atoms with Gasteiger partial charge in [-0.05, 0) is 92.7 Å². The Labute approximate surface area is 220 Å². The van der Waals surface area contributed by atoms with Crippen molar-refractivity contribution in [2.45, 2.75) is 57.4 Å².